The molecule has 0 aliphatic carbocycles. The van der Waals surface area contributed by atoms with E-state index in [0.717, 1.165) is 11.8 Å². The van der Waals surface area contributed by atoms with Crippen molar-refractivity contribution in [3.8, 4) is 6.07 Å². The summed E-state index contributed by atoms with van der Waals surface area (Å²) in [7, 11) is 0. The average molecular weight is 224 g/mol. The largest absolute Gasteiger partial charge is 0.298 e. The normalized spacial score (nSPS) is 9.00. The number of carbonyl (C=O) groups excluding carboxylic acids is 1. The molecule has 0 N–H and O–H groups in total. The van der Waals surface area contributed by atoms with E-state index in [1.54, 1.807) is 18.2 Å². The molecule has 0 unspecified atom stereocenters. The van der Waals surface area contributed by atoms with Crippen molar-refractivity contribution < 1.29 is 4.79 Å². The molecule has 0 bridgehead atoms. The summed E-state index contributed by atoms with van der Waals surface area (Å²) in [4.78, 5) is 10.5. The Morgan fingerprint density at radius 2 is 2.33 bits per heavy atom. The molecule has 3 heteroatoms. The van der Waals surface area contributed by atoms with Crippen molar-refractivity contribution >= 4 is 22.2 Å². The van der Waals surface area contributed by atoms with Crippen molar-refractivity contribution in [2.24, 2.45) is 0 Å². The van der Waals surface area contributed by atoms with Crippen LogP contribution in [-0.2, 0) is 5.33 Å². The summed E-state index contributed by atoms with van der Waals surface area (Å²) in [5.41, 5.74) is 1.89. The Morgan fingerprint density at radius 3 is 2.83 bits per heavy atom. The molecule has 1 rings (SSSR count). The van der Waals surface area contributed by atoms with Gasteiger partial charge in [-0.15, -0.1) is 0 Å². The lowest BCUT2D eigenvalue weighted by atomic mass is 10.0. The molecular weight excluding hydrogens is 218 g/mol. The minimum absolute atomic E-state index is 0.533. The molecule has 0 saturated carbocycles. The highest BCUT2D eigenvalue weighted by atomic mass is 79.9. The summed E-state index contributed by atoms with van der Waals surface area (Å²) in [6, 6.07) is 7.13. The third-order valence-corrected chi connectivity index (χ3v) is 2.15. The van der Waals surface area contributed by atoms with E-state index in [4.69, 9.17) is 5.26 Å². The van der Waals surface area contributed by atoms with Crippen molar-refractivity contribution in [1.82, 2.24) is 0 Å². The molecule has 60 valence electrons. The number of halogens is 1. The first-order valence-corrected chi connectivity index (χ1v) is 4.48. The van der Waals surface area contributed by atoms with Crippen LogP contribution in [0, 0.1) is 11.3 Å². The van der Waals surface area contributed by atoms with E-state index in [0.29, 0.717) is 16.5 Å². The Kier molecular flexibility index (Phi) is 3.01. The second-order valence-corrected chi connectivity index (χ2v) is 2.80. The molecule has 0 aliphatic rings. The van der Waals surface area contributed by atoms with Crippen molar-refractivity contribution in [1.29, 1.82) is 5.26 Å². The number of nitriles is 1. The zero-order chi connectivity index (χ0) is 8.97. The van der Waals surface area contributed by atoms with Crippen LogP contribution >= 0.6 is 15.9 Å². The van der Waals surface area contributed by atoms with Crippen LogP contribution in [0.5, 0.6) is 0 Å². The second kappa shape index (κ2) is 4.03. The van der Waals surface area contributed by atoms with Crippen LogP contribution in [0.15, 0.2) is 18.2 Å². The molecule has 1 aromatic carbocycles. The Labute approximate surface area is 78.9 Å². The molecule has 1 aromatic rings. The zero-order valence-electron chi connectivity index (χ0n) is 6.25. The van der Waals surface area contributed by atoms with Gasteiger partial charge in [0.25, 0.3) is 0 Å². The van der Waals surface area contributed by atoms with Crippen LogP contribution in [0.25, 0.3) is 0 Å². The Morgan fingerprint density at radius 1 is 1.58 bits per heavy atom. The average Bonchev–Trinajstić information content (AvgIpc) is 2.16. The maximum Gasteiger partial charge on any atom is 0.150 e. The Hall–Kier alpha value is -1.14. The molecule has 0 spiro atoms. The van der Waals surface area contributed by atoms with Crippen LogP contribution in [0.2, 0.25) is 0 Å². The van der Waals surface area contributed by atoms with Crippen LogP contribution in [0.4, 0.5) is 0 Å². The standard InChI is InChI=1S/C9H6BrNO/c10-4-9-7(5-11)2-1-3-8(9)6-12/h1-3,6H,4H2. The number of hydrogen-bond acceptors (Lipinski definition) is 2. The van der Waals surface area contributed by atoms with Gasteiger partial charge in [0.1, 0.15) is 6.29 Å². The smallest absolute Gasteiger partial charge is 0.150 e. The van der Waals surface area contributed by atoms with Crippen molar-refractivity contribution in [3.05, 3.63) is 34.9 Å². The highest BCUT2D eigenvalue weighted by Gasteiger charge is 2.04. The highest BCUT2D eigenvalue weighted by Crippen LogP contribution is 2.15. The van der Waals surface area contributed by atoms with E-state index >= 15 is 0 Å². The maximum absolute atomic E-state index is 10.5. The molecule has 0 aromatic heterocycles. The second-order valence-electron chi connectivity index (χ2n) is 2.24. The molecule has 0 fully saturated rings. The molecule has 0 amide bonds. The van der Waals surface area contributed by atoms with Crippen LogP contribution in [0.1, 0.15) is 21.5 Å². The lowest BCUT2D eigenvalue weighted by Gasteiger charge is -2.01. The third kappa shape index (κ3) is 1.54. The van der Waals surface area contributed by atoms with Gasteiger partial charge in [-0.05, 0) is 11.6 Å². The summed E-state index contributed by atoms with van der Waals surface area (Å²) in [6.07, 6.45) is 0.761. The highest BCUT2D eigenvalue weighted by molar-refractivity contribution is 9.08. The fourth-order valence-electron chi connectivity index (χ4n) is 0.969. The molecule has 0 radical (unpaired) electrons. The number of hydrogen-bond donors (Lipinski definition) is 0. The van der Waals surface area contributed by atoms with Gasteiger partial charge in [0, 0.05) is 10.9 Å². The number of rotatable bonds is 2. The van der Waals surface area contributed by atoms with Gasteiger partial charge in [0.15, 0.2) is 0 Å². The van der Waals surface area contributed by atoms with E-state index in [-0.39, 0.29) is 0 Å². The van der Waals surface area contributed by atoms with Crippen molar-refractivity contribution in [3.63, 3.8) is 0 Å². The summed E-state index contributed by atoms with van der Waals surface area (Å²) in [6.45, 7) is 0. The molecule has 0 aliphatic heterocycles. The van der Waals surface area contributed by atoms with Crippen LogP contribution < -0.4 is 0 Å². The minimum atomic E-state index is 0.533. The number of carbonyl (C=O) groups is 1. The molecule has 0 saturated heterocycles. The summed E-state index contributed by atoms with van der Waals surface area (Å²) < 4.78 is 0. The first-order chi connectivity index (χ1) is 5.83. The summed E-state index contributed by atoms with van der Waals surface area (Å²) >= 11 is 3.23. The van der Waals surface area contributed by atoms with Crippen molar-refractivity contribution in [2.45, 2.75) is 5.33 Å². The van der Waals surface area contributed by atoms with Gasteiger partial charge in [-0.2, -0.15) is 5.26 Å². The van der Waals surface area contributed by atoms with Gasteiger partial charge in [0.05, 0.1) is 11.6 Å². The molecule has 12 heavy (non-hydrogen) atoms. The quantitative estimate of drug-likeness (QED) is 0.571. The zero-order valence-corrected chi connectivity index (χ0v) is 7.84. The number of nitrogens with zero attached hydrogens (tertiary/aromatic N) is 1. The predicted octanol–water partition coefficient (Wildman–Crippen LogP) is 2.27. The van der Waals surface area contributed by atoms with E-state index in [2.05, 4.69) is 15.9 Å². The first kappa shape index (κ1) is 8.95. The Bertz CT molecular complexity index is 341. The number of benzene rings is 1. The first-order valence-electron chi connectivity index (χ1n) is 3.36. The van der Waals surface area contributed by atoms with Crippen LogP contribution in [0.3, 0.4) is 0 Å². The van der Waals surface area contributed by atoms with Gasteiger partial charge >= 0.3 is 0 Å². The van der Waals surface area contributed by atoms with E-state index in [1.165, 1.54) is 0 Å². The van der Waals surface area contributed by atoms with Crippen molar-refractivity contribution in [2.75, 3.05) is 0 Å². The monoisotopic (exact) mass is 223 g/mol. The SMILES string of the molecule is N#Cc1cccc(C=O)c1CBr. The number of aldehydes is 1. The molecule has 0 heterocycles. The number of alkyl halides is 1. The minimum Gasteiger partial charge on any atom is -0.298 e. The Balaban J connectivity index is 3.34. The van der Waals surface area contributed by atoms with Gasteiger partial charge < -0.3 is 0 Å². The third-order valence-electron chi connectivity index (χ3n) is 1.59. The molecule has 0 atom stereocenters. The summed E-state index contributed by atoms with van der Waals surface area (Å²) in [5.74, 6) is 0. The maximum atomic E-state index is 10.5. The lowest BCUT2D eigenvalue weighted by Crippen LogP contribution is -1.92. The fourth-order valence-corrected chi connectivity index (χ4v) is 1.59. The van der Waals surface area contributed by atoms with E-state index in [9.17, 15) is 4.79 Å². The fraction of sp³-hybridized carbons (Fsp3) is 0.111. The van der Waals surface area contributed by atoms with Gasteiger partial charge in [0.2, 0.25) is 0 Å². The predicted molar refractivity (Wildman–Crippen MR) is 49.2 cm³/mol. The van der Waals surface area contributed by atoms with Gasteiger partial charge in [-0.3, -0.25) is 4.79 Å². The van der Waals surface area contributed by atoms with Gasteiger partial charge in [-0.25, -0.2) is 0 Å². The topological polar surface area (TPSA) is 40.9 Å². The van der Waals surface area contributed by atoms with Crippen LogP contribution in [-0.4, -0.2) is 6.29 Å². The summed E-state index contributed by atoms with van der Waals surface area (Å²) in [5, 5.41) is 9.22. The molecule has 2 nitrogen and oxygen atoms in total. The van der Waals surface area contributed by atoms with Gasteiger partial charge in [-0.1, -0.05) is 28.1 Å². The molecular formula is C9H6BrNO. The lowest BCUT2D eigenvalue weighted by molar-refractivity contribution is 0.112. The van der Waals surface area contributed by atoms with E-state index < -0.39 is 0 Å². The van der Waals surface area contributed by atoms with E-state index in [1.807, 2.05) is 6.07 Å².